The Morgan fingerprint density at radius 3 is 2.50 bits per heavy atom. The van der Waals surface area contributed by atoms with E-state index in [4.69, 9.17) is 4.98 Å². The summed E-state index contributed by atoms with van der Waals surface area (Å²) in [6.07, 6.45) is 14.8. The van der Waals surface area contributed by atoms with Crippen LogP contribution in [0.15, 0.2) is 64.3 Å². The number of benzene rings is 1. The number of hydrogen-bond donors (Lipinski definition) is 3. The Morgan fingerprint density at radius 2 is 1.78 bits per heavy atom. The van der Waals surface area contributed by atoms with Crippen LogP contribution in [0.5, 0.6) is 5.75 Å². The van der Waals surface area contributed by atoms with Gasteiger partial charge in [-0.15, -0.1) is 0 Å². The first-order chi connectivity index (χ1) is 17.6. The lowest BCUT2D eigenvalue weighted by atomic mass is 9.97. The van der Waals surface area contributed by atoms with Gasteiger partial charge in [0.1, 0.15) is 11.6 Å². The Balaban J connectivity index is 1.24. The van der Waals surface area contributed by atoms with Crippen LogP contribution in [0.4, 0.5) is 5.82 Å². The first-order valence-corrected chi connectivity index (χ1v) is 13.6. The molecule has 1 aromatic carbocycles. The van der Waals surface area contributed by atoms with E-state index in [0.717, 1.165) is 36.0 Å². The normalized spacial score (nSPS) is 16.8. The van der Waals surface area contributed by atoms with E-state index >= 15 is 0 Å². The molecule has 2 heterocycles. The minimum Gasteiger partial charge on any atom is -0.507 e. The third-order valence-corrected chi connectivity index (χ3v) is 7.70. The number of phenols is 1. The fraction of sp³-hybridized carbons (Fsp3) is 0.393. The fourth-order valence-corrected chi connectivity index (χ4v) is 5.35. The van der Waals surface area contributed by atoms with Crippen molar-refractivity contribution < 1.29 is 9.90 Å². The molecule has 2 aliphatic rings. The second-order valence-electron chi connectivity index (χ2n) is 9.68. The number of aromatic hydroxyl groups is 1. The average molecular weight is 551 g/mol. The molecule has 0 atom stereocenters. The Labute approximate surface area is 219 Å². The van der Waals surface area contributed by atoms with Crippen LogP contribution in [-0.2, 0) is 4.79 Å². The van der Waals surface area contributed by atoms with Crippen LogP contribution in [-0.4, -0.2) is 38.7 Å². The molecule has 8 heteroatoms. The third kappa shape index (κ3) is 5.64. The summed E-state index contributed by atoms with van der Waals surface area (Å²) in [7, 11) is 0. The number of aromatic nitrogens is 3. The van der Waals surface area contributed by atoms with Crippen LogP contribution in [0.1, 0.15) is 51.4 Å². The molecule has 2 aliphatic carbocycles. The molecule has 0 saturated heterocycles. The van der Waals surface area contributed by atoms with Gasteiger partial charge in [-0.1, -0.05) is 61.1 Å². The number of phenolic OH excluding ortho intramolecular Hbond substituents is 1. The quantitative estimate of drug-likeness (QED) is 0.314. The number of halogens is 1. The third-order valence-electron chi connectivity index (χ3n) is 7.14. The number of nitrogens with one attached hydrogen (secondary N) is 2. The van der Waals surface area contributed by atoms with Crippen LogP contribution in [0.2, 0.25) is 0 Å². The summed E-state index contributed by atoms with van der Waals surface area (Å²) in [5.74, 6) is 1.40. The zero-order chi connectivity index (χ0) is 24.9. The van der Waals surface area contributed by atoms with E-state index in [1.807, 2.05) is 18.2 Å². The molecule has 0 spiro atoms. The van der Waals surface area contributed by atoms with Crippen LogP contribution in [0.25, 0.3) is 16.9 Å². The molecule has 3 aromatic rings. The molecule has 3 N–H and O–H groups in total. The van der Waals surface area contributed by atoms with Gasteiger partial charge in [-0.25, -0.2) is 4.98 Å². The Hall–Kier alpha value is -3.13. The zero-order valence-electron chi connectivity index (χ0n) is 20.3. The van der Waals surface area contributed by atoms with Crippen molar-refractivity contribution in [2.75, 3.05) is 18.4 Å². The number of nitrogens with zero attached hydrogens (tertiary/aromatic N) is 3. The summed E-state index contributed by atoms with van der Waals surface area (Å²) >= 11 is 3.53. The highest BCUT2D eigenvalue weighted by Gasteiger charge is 2.20. The molecule has 0 aliphatic heterocycles. The largest absolute Gasteiger partial charge is 0.507 e. The number of carbonyl (C=O) groups is 1. The van der Waals surface area contributed by atoms with Crippen molar-refractivity contribution in [3.8, 4) is 17.0 Å². The molecule has 1 saturated carbocycles. The summed E-state index contributed by atoms with van der Waals surface area (Å²) in [6, 6.07) is 9.11. The van der Waals surface area contributed by atoms with Gasteiger partial charge in [-0.3, -0.25) is 4.79 Å². The highest BCUT2D eigenvalue weighted by atomic mass is 79.9. The maximum absolute atomic E-state index is 12.6. The van der Waals surface area contributed by atoms with Gasteiger partial charge in [0.2, 0.25) is 5.91 Å². The molecule has 0 unspecified atom stereocenters. The fourth-order valence-electron chi connectivity index (χ4n) is 5.00. The van der Waals surface area contributed by atoms with E-state index < -0.39 is 0 Å². The van der Waals surface area contributed by atoms with Gasteiger partial charge in [0.15, 0.2) is 5.65 Å². The molecule has 7 nitrogen and oxygen atoms in total. The van der Waals surface area contributed by atoms with Crippen molar-refractivity contribution >= 4 is 33.3 Å². The number of rotatable bonds is 7. The summed E-state index contributed by atoms with van der Waals surface area (Å²) in [6.45, 7) is 1.32. The van der Waals surface area contributed by atoms with Crippen molar-refractivity contribution in [2.24, 2.45) is 5.92 Å². The van der Waals surface area contributed by atoms with Gasteiger partial charge in [0.25, 0.3) is 0 Å². The number of anilines is 1. The Bertz CT molecular complexity index is 1300. The lowest BCUT2D eigenvalue weighted by Gasteiger charge is -2.19. The molecular formula is C28H32BrN5O2. The maximum Gasteiger partial charge on any atom is 0.223 e. The van der Waals surface area contributed by atoms with Crippen molar-refractivity contribution in [1.82, 2.24) is 19.9 Å². The lowest BCUT2D eigenvalue weighted by molar-refractivity contribution is -0.125. The SMILES string of the molecule is O=C(NCC1=CC=C(CNc2cc(-c3ccccc3O)nc3c(Br)cnn23)CC1)C1CCCCCC1. The highest BCUT2D eigenvalue weighted by molar-refractivity contribution is 9.10. The van der Waals surface area contributed by atoms with E-state index in [9.17, 15) is 9.90 Å². The predicted octanol–water partition coefficient (Wildman–Crippen LogP) is 6.01. The van der Waals surface area contributed by atoms with Crippen molar-refractivity contribution in [1.29, 1.82) is 0 Å². The molecule has 36 heavy (non-hydrogen) atoms. The molecule has 0 bridgehead atoms. The summed E-state index contributed by atoms with van der Waals surface area (Å²) in [4.78, 5) is 17.3. The van der Waals surface area contributed by atoms with Crippen molar-refractivity contribution in [3.05, 3.63) is 64.3 Å². The second-order valence-corrected chi connectivity index (χ2v) is 10.5. The van der Waals surface area contributed by atoms with Crippen molar-refractivity contribution in [2.45, 2.75) is 51.4 Å². The molecule has 0 radical (unpaired) electrons. The van der Waals surface area contributed by atoms with Gasteiger partial charge in [-0.2, -0.15) is 9.61 Å². The molecule has 2 aromatic heterocycles. The van der Waals surface area contributed by atoms with E-state index in [-0.39, 0.29) is 17.6 Å². The summed E-state index contributed by atoms with van der Waals surface area (Å²) < 4.78 is 2.56. The Kier molecular flexibility index (Phi) is 7.70. The van der Waals surface area contributed by atoms with E-state index in [1.165, 1.54) is 36.8 Å². The van der Waals surface area contributed by atoms with Crippen molar-refractivity contribution in [3.63, 3.8) is 0 Å². The smallest absolute Gasteiger partial charge is 0.223 e. The number of hydrogen-bond acceptors (Lipinski definition) is 5. The first kappa shape index (κ1) is 24.6. The van der Waals surface area contributed by atoms with Gasteiger partial charge in [0, 0.05) is 30.6 Å². The topological polar surface area (TPSA) is 91.5 Å². The monoisotopic (exact) mass is 549 g/mol. The highest BCUT2D eigenvalue weighted by Crippen LogP contribution is 2.31. The number of carbonyl (C=O) groups excluding carboxylic acids is 1. The molecule has 5 rings (SSSR count). The molecule has 1 amide bonds. The number of para-hydroxylation sites is 1. The van der Waals surface area contributed by atoms with Crippen LogP contribution in [0.3, 0.4) is 0 Å². The maximum atomic E-state index is 12.6. The molecule has 188 valence electrons. The lowest BCUT2D eigenvalue weighted by Crippen LogP contribution is -2.32. The summed E-state index contributed by atoms with van der Waals surface area (Å²) in [5.41, 5.74) is 4.58. The minimum atomic E-state index is 0.189. The standard InChI is InChI=1S/C28H32BrN5O2/c29-23-18-32-34-26(15-24(33-27(23)34)22-9-5-6-10-25(22)35)30-16-19-11-13-20(14-12-19)17-31-28(36)21-7-3-1-2-4-8-21/h5-6,9-11,13,15,18,21,30,35H,1-4,7-8,12,14,16-17H2,(H,31,36). The van der Waals surface area contributed by atoms with Crippen LogP contribution >= 0.6 is 15.9 Å². The van der Waals surface area contributed by atoms with E-state index in [2.05, 4.69) is 43.8 Å². The molecule has 1 fully saturated rings. The first-order valence-electron chi connectivity index (χ1n) is 12.8. The zero-order valence-corrected chi connectivity index (χ0v) is 21.9. The predicted molar refractivity (Wildman–Crippen MR) is 146 cm³/mol. The minimum absolute atomic E-state index is 0.189. The van der Waals surface area contributed by atoms with E-state index in [0.29, 0.717) is 30.0 Å². The average Bonchev–Trinajstić information content (AvgIpc) is 3.09. The second kappa shape index (κ2) is 11.3. The van der Waals surface area contributed by atoms with Gasteiger partial charge < -0.3 is 15.7 Å². The summed E-state index contributed by atoms with van der Waals surface area (Å²) in [5, 5.41) is 21.5. The van der Waals surface area contributed by atoms with Gasteiger partial charge in [0.05, 0.1) is 16.4 Å². The van der Waals surface area contributed by atoms with Gasteiger partial charge in [-0.05, 0) is 53.7 Å². The number of amides is 1. The van der Waals surface area contributed by atoms with Gasteiger partial charge >= 0.3 is 0 Å². The van der Waals surface area contributed by atoms with Crippen LogP contribution < -0.4 is 10.6 Å². The number of allylic oxidation sites excluding steroid dienone is 2. The van der Waals surface area contributed by atoms with E-state index in [1.54, 1.807) is 22.8 Å². The molecular weight excluding hydrogens is 518 g/mol. The van der Waals surface area contributed by atoms with Crippen LogP contribution in [0, 0.1) is 5.92 Å². The number of fused-ring (bicyclic) bond motifs is 1. The Morgan fingerprint density at radius 1 is 1.06 bits per heavy atom.